The number of amides is 3. The number of likely N-dealkylation sites (tertiary alicyclic amines) is 1. The Morgan fingerprint density at radius 2 is 1.95 bits per heavy atom. The smallest absolute Gasteiger partial charge is 0.320 e. The molecule has 19 heavy (non-hydrogen) atoms. The molecular formula is C12H21N3O4. The molecule has 0 aromatic heterocycles. The average Bonchev–Trinajstić information content (AvgIpc) is 2.29. The number of nitrogens with zero attached hydrogens (tertiary/aromatic N) is 2. The van der Waals surface area contributed by atoms with Gasteiger partial charge in [0.15, 0.2) is 0 Å². The molecule has 1 aliphatic rings. The number of carbonyl (C=O) groups is 3. The number of hydrogen-bond acceptors (Lipinski definition) is 3. The lowest BCUT2D eigenvalue weighted by atomic mass is 9.97. The highest BCUT2D eigenvalue weighted by Crippen LogP contribution is 2.20. The van der Waals surface area contributed by atoms with Gasteiger partial charge in [-0.05, 0) is 13.8 Å². The number of carbonyl (C=O) groups excluding carboxylic acids is 2. The molecule has 3 amide bonds. The Morgan fingerprint density at radius 3 is 2.42 bits per heavy atom. The second-order valence-corrected chi connectivity index (χ2v) is 4.62. The average molecular weight is 271 g/mol. The number of urea groups is 1. The first-order valence-electron chi connectivity index (χ1n) is 6.50. The SMILES string of the molecule is CCNC(=O)CN(CC)C(=O)N1CC(CC(=O)O)C1. The van der Waals surface area contributed by atoms with Crippen molar-refractivity contribution in [2.75, 3.05) is 32.7 Å². The van der Waals surface area contributed by atoms with Crippen molar-refractivity contribution >= 4 is 17.9 Å². The van der Waals surface area contributed by atoms with Crippen molar-refractivity contribution in [3.8, 4) is 0 Å². The summed E-state index contributed by atoms with van der Waals surface area (Å²) < 4.78 is 0. The van der Waals surface area contributed by atoms with Crippen LogP contribution in [0.2, 0.25) is 0 Å². The Morgan fingerprint density at radius 1 is 1.32 bits per heavy atom. The third kappa shape index (κ3) is 4.42. The fraction of sp³-hybridized carbons (Fsp3) is 0.750. The Kier molecular flexibility index (Phi) is 5.59. The van der Waals surface area contributed by atoms with E-state index in [2.05, 4.69) is 5.32 Å². The van der Waals surface area contributed by atoms with E-state index in [1.807, 2.05) is 13.8 Å². The van der Waals surface area contributed by atoms with Crippen molar-refractivity contribution in [2.24, 2.45) is 5.92 Å². The van der Waals surface area contributed by atoms with Gasteiger partial charge in [-0.1, -0.05) is 0 Å². The van der Waals surface area contributed by atoms with Gasteiger partial charge in [-0.2, -0.15) is 0 Å². The Hall–Kier alpha value is -1.79. The predicted molar refractivity (Wildman–Crippen MR) is 68.6 cm³/mol. The van der Waals surface area contributed by atoms with Gasteiger partial charge in [0.05, 0.1) is 6.42 Å². The first kappa shape index (κ1) is 15.3. The molecule has 0 bridgehead atoms. The first-order valence-corrected chi connectivity index (χ1v) is 6.50. The zero-order valence-electron chi connectivity index (χ0n) is 11.4. The Labute approximate surface area is 112 Å². The molecular weight excluding hydrogens is 250 g/mol. The third-order valence-corrected chi connectivity index (χ3v) is 3.05. The summed E-state index contributed by atoms with van der Waals surface area (Å²) in [6.45, 7) is 5.58. The molecule has 0 spiro atoms. The van der Waals surface area contributed by atoms with E-state index in [4.69, 9.17) is 5.11 Å². The summed E-state index contributed by atoms with van der Waals surface area (Å²) >= 11 is 0. The normalized spacial score (nSPS) is 14.7. The van der Waals surface area contributed by atoms with E-state index < -0.39 is 5.97 Å². The van der Waals surface area contributed by atoms with Gasteiger partial charge in [0.25, 0.3) is 0 Å². The fourth-order valence-corrected chi connectivity index (χ4v) is 2.04. The highest BCUT2D eigenvalue weighted by molar-refractivity contribution is 5.84. The van der Waals surface area contributed by atoms with E-state index in [9.17, 15) is 14.4 Å². The van der Waals surface area contributed by atoms with Crippen LogP contribution < -0.4 is 5.32 Å². The minimum atomic E-state index is -0.841. The number of likely N-dealkylation sites (N-methyl/N-ethyl adjacent to an activating group) is 2. The molecule has 1 aliphatic heterocycles. The van der Waals surface area contributed by atoms with Crippen LogP contribution in [0.25, 0.3) is 0 Å². The Balaban J connectivity index is 2.39. The summed E-state index contributed by atoms with van der Waals surface area (Å²) in [6, 6.07) is -0.199. The van der Waals surface area contributed by atoms with E-state index in [1.165, 1.54) is 4.90 Å². The summed E-state index contributed by atoms with van der Waals surface area (Å²) in [5.41, 5.74) is 0. The van der Waals surface area contributed by atoms with Gasteiger partial charge in [-0.3, -0.25) is 9.59 Å². The lowest BCUT2D eigenvalue weighted by Gasteiger charge is -2.41. The van der Waals surface area contributed by atoms with E-state index in [0.29, 0.717) is 26.2 Å². The van der Waals surface area contributed by atoms with Crippen molar-refractivity contribution < 1.29 is 19.5 Å². The second kappa shape index (κ2) is 6.96. The van der Waals surface area contributed by atoms with E-state index in [1.54, 1.807) is 4.90 Å². The zero-order valence-corrected chi connectivity index (χ0v) is 11.4. The van der Waals surface area contributed by atoms with Crippen molar-refractivity contribution in [3.05, 3.63) is 0 Å². The summed E-state index contributed by atoms with van der Waals surface area (Å²) in [5, 5.41) is 11.3. The highest BCUT2D eigenvalue weighted by atomic mass is 16.4. The van der Waals surface area contributed by atoms with E-state index in [-0.39, 0.29) is 30.8 Å². The topological polar surface area (TPSA) is 90.0 Å². The summed E-state index contributed by atoms with van der Waals surface area (Å²) in [5.74, 6) is -0.989. The molecule has 0 atom stereocenters. The molecule has 7 nitrogen and oxygen atoms in total. The van der Waals surface area contributed by atoms with Crippen LogP contribution in [-0.2, 0) is 9.59 Å². The van der Waals surface area contributed by atoms with Gasteiger partial charge >= 0.3 is 12.0 Å². The molecule has 108 valence electrons. The molecule has 0 radical (unpaired) electrons. The Bertz CT molecular complexity index is 353. The van der Waals surface area contributed by atoms with Crippen molar-refractivity contribution in [3.63, 3.8) is 0 Å². The van der Waals surface area contributed by atoms with Crippen molar-refractivity contribution in [1.29, 1.82) is 0 Å². The van der Waals surface area contributed by atoms with Crippen molar-refractivity contribution in [1.82, 2.24) is 15.1 Å². The van der Waals surface area contributed by atoms with Crippen LogP contribution >= 0.6 is 0 Å². The molecule has 7 heteroatoms. The summed E-state index contributed by atoms with van der Waals surface area (Å²) in [7, 11) is 0. The number of aliphatic carboxylic acids is 1. The van der Waals surface area contributed by atoms with Crippen LogP contribution in [0.3, 0.4) is 0 Å². The lowest BCUT2D eigenvalue weighted by Crippen LogP contribution is -2.56. The minimum Gasteiger partial charge on any atom is -0.481 e. The van der Waals surface area contributed by atoms with Crippen LogP contribution in [0.15, 0.2) is 0 Å². The van der Waals surface area contributed by atoms with Crippen LogP contribution in [-0.4, -0.2) is 65.5 Å². The van der Waals surface area contributed by atoms with Crippen molar-refractivity contribution in [2.45, 2.75) is 20.3 Å². The number of nitrogens with one attached hydrogen (secondary N) is 1. The molecule has 0 aliphatic carbocycles. The fourth-order valence-electron chi connectivity index (χ4n) is 2.04. The minimum absolute atomic E-state index is 0.0321. The largest absolute Gasteiger partial charge is 0.481 e. The summed E-state index contributed by atoms with van der Waals surface area (Å²) in [4.78, 5) is 37.1. The maximum atomic E-state index is 12.1. The van der Waals surface area contributed by atoms with Crippen LogP contribution in [0.4, 0.5) is 4.79 Å². The molecule has 1 saturated heterocycles. The zero-order chi connectivity index (χ0) is 14.4. The monoisotopic (exact) mass is 271 g/mol. The molecule has 1 heterocycles. The maximum Gasteiger partial charge on any atom is 0.320 e. The van der Waals surface area contributed by atoms with Gasteiger partial charge in [0.2, 0.25) is 5.91 Å². The van der Waals surface area contributed by atoms with E-state index >= 15 is 0 Å². The van der Waals surface area contributed by atoms with Crippen LogP contribution in [0.1, 0.15) is 20.3 Å². The molecule has 2 N–H and O–H groups in total. The maximum absolute atomic E-state index is 12.1. The van der Waals surface area contributed by atoms with Crippen LogP contribution in [0, 0.1) is 5.92 Å². The number of carboxylic acid groups (broad SMARTS) is 1. The molecule has 1 fully saturated rings. The molecule has 0 unspecified atom stereocenters. The predicted octanol–water partition coefficient (Wildman–Crippen LogP) is -0.0291. The lowest BCUT2D eigenvalue weighted by molar-refractivity contribution is -0.139. The quantitative estimate of drug-likeness (QED) is 0.710. The standard InChI is InChI=1S/C12H21N3O4/c1-3-13-10(16)8-14(4-2)12(19)15-6-9(7-15)5-11(17)18/h9H,3-8H2,1-2H3,(H,13,16)(H,17,18). The highest BCUT2D eigenvalue weighted by Gasteiger charge is 2.34. The first-order chi connectivity index (χ1) is 8.97. The molecule has 0 aromatic carbocycles. The van der Waals surface area contributed by atoms with Gasteiger partial charge in [0, 0.05) is 32.1 Å². The number of hydrogen-bond donors (Lipinski definition) is 2. The molecule has 0 saturated carbocycles. The number of rotatable bonds is 6. The van der Waals surface area contributed by atoms with Crippen LogP contribution in [0.5, 0.6) is 0 Å². The molecule has 0 aromatic rings. The summed E-state index contributed by atoms with van der Waals surface area (Å²) in [6.07, 6.45) is 0.0895. The van der Waals surface area contributed by atoms with Gasteiger partial charge in [0.1, 0.15) is 6.54 Å². The number of carboxylic acids is 1. The third-order valence-electron chi connectivity index (χ3n) is 3.05. The van der Waals surface area contributed by atoms with Gasteiger partial charge < -0.3 is 20.2 Å². The van der Waals surface area contributed by atoms with Gasteiger partial charge in [-0.25, -0.2) is 4.79 Å². The molecule has 1 rings (SSSR count). The van der Waals surface area contributed by atoms with Gasteiger partial charge in [-0.15, -0.1) is 0 Å². The second-order valence-electron chi connectivity index (χ2n) is 4.62. The van der Waals surface area contributed by atoms with E-state index in [0.717, 1.165) is 0 Å².